The molecule has 22 heavy (non-hydrogen) atoms. The Morgan fingerprint density at radius 1 is 1.23 bits per heavy atom. The second-order valence-corrected chi connectivity index (χ2v) is 7.47. The fourth-order valence-corrected chi connectivity index (χ4v) is 4.40. The van der Waals surface area contributed by atoms with Crippen LogP contribution in [0.4, 0.5) is 5.13 Å². The van der Waals surface area contributed by atoms with Crippen molar-refractivity contribution in [2.24, 2.45) is 5.92 Å². The molecule has 118 valence electrons. The molecular weight excluding hydrogens is 294 g/mol. The number of likely N-dealkylation sites (tertiary alicyclic amines) is 1. The Labute approximate surface area is 135 Å². The van der Waals surface area contributed by atoms with Gasteiger partial charge in [-0.1, -0.05) is 23.5 Å². The molecule has 1 N–H and O–H groups in total. The number of benzene rings is 1. The minimum absolute atomic E-state index is 0.566. The third-order valence-corrected chi connectivity index (χ3v) is 5.72. The van der Waals surface area contributed by atoms with Crippen molar-refractivity contribution in [1.29, 1.82) is 0 Å². The van der Waals surface area contributed by atoms with Gasteiger partial charge in [0.25, 0.3) is 0 Å². The molecule has 4 nitrogen and oxygen atoms in total. The number of anilines is 1. The predicted molar refractivity (Wildman–Crippen MR) is 91.6 cm³/mol. The van der Waals surface area contributed by atoms with Gasteiger partial charge < -0.3 is 15.0 Å². The van der Waals surface area contributed by atoms with E-state index in [4.69, 9.17) is 4.74 Å². The number of thiazole rings is 1. The lowest BCUT2D eigenvalue weighted by atomic mass is 10.0. The van der Waals surface area contributed by atoms with E-state index in [1.165, 1.54) is 43.6 Å². The first-order chi connectivity index (χ1) is 10.9. The number of hydrogen-bond acceptors (Lipinski definition) is 5. The number of para-hydroxylation sites is 1. The molecule has 5 heteroatoms. The standard InChI is InChI=1S/C17H23N3OS/c1-2-4-16-15(3-1)19-17(22-16)18-14-5-8-20(9-6-14)11-13-7-10-21-12-13/h1-4,13-14H,5-12H2,(H,18,19). The first kappa shape index (κ1) is 14.4. The predicted octanol–water partition coefficient (Wildman–Crippen LogP) is 3.21. The number of ether oxygens (including phenoxy) is 1. The zero-order valence-corrected chi connectivity index (χ0v) is 13.6. The molecule has 0 radical (unpaired) electrons. The number of nitrogens with one attached hydrogen (secondary N) is 1. The van der Waals surface area contributed by atoms with Crippen molar-refractivity contribution in [2.75, 3.05) is 38.2 Å². The second-order valence-electron chi connectivity index (χ2n) is 6.44. The van der Waals surface area contributed by atoms with Crippen LogP contribution in [0.25, 0.3) is 10.2 Å². The lowest BCUT2D eigenvalue weighted by Gasteiger charge is -2.33. The summed E-state index contributed by atoms with van der Waals surface area (Å²) in [6.07, 6.45) is 3.66. The van der Waals surface area contributed by atoms with E-state index >= 15 is 0 Å². The normalized spacial score (nSPS) is 24.1. The smallest absolute Gasteiger partial charge is 0.184 e. The van der Waals surface area contributed by atoms with E-state index in [1.54, 1.807) is 11.3 Å². The Balaban J connectivity index is 1.29. The van der Waals surface area contributed by atoms with E-state index in [1.807, 2.05) is 0 Å². The van der Waals surface area contributed by atoms with Crippen molar-refractivity contribution in [2.45, 2.75) is 25.3 Å². The van der Waals surface area contributed by atoms with Crippen molar-refractivity contribution in [3.8, 4) is 0 Å². The molecule has 1 unspecified atom stereocenters. The molecule has 0 saturated carbocycles. The molecule has 1 atom stereocenters. The molecule has 2 aliphatic heterocycles. The molecule has 2 aromatic rings. The number of nitrogens with zero attached hydrogens (tertiary/aromatic N) is 2. The molecule has 0 aliphatic carbocycles. The lowest BCUT2D eigenvalue weighted by Crippen LogP contribution is -2.41. The summed E-state index contributed by atoms with van der Waals surface area (Å²) in [6.45, 7) is 5.52. The highest BCUT2D eigenvalue weighted by Crippen LogP contribution is 2.27. The van der Waals surface area contributed by atoms with Gasteiger partial charge in [0.1, 0.15) is 0 Å². The van der Waals surface area contributed by atoms with Gasteiger partial charge in [0, 0.05) is 32.3 Å². The SMILES string of the molecule is c1ccc2sc(NC3CCN(CC4CCOC4)CC3)nc2c1. The third-order valence-electron chi connectivity index (χ3n) is 4.75. The first-order valence-electron chi connectivity index (χ1n) is 8.29. The van der Waals surface area contributed by atoms with E-state index in [9.17, 15) is 0 Å². The van der Waals surface area contributed by atoms with Gasteiger partial charge in [-0.3, -0.25) is 0 Å². The Morgan fingerprint density at radius 2 is 2.09 bits per heavy atom. The Bertz CT molecular complexity index is 582. The monoisotopic (exact) mass is 317 g/mol. The summed E-state index contributed by atoms with van der Waals surface area (Å²) in [6, 6.07) is 8.93. The Hall–Kier alpha value is -1.17. The van der Waals surface area contributed by atoms with Crippen molar-refractivity contribution in [3.63, 3.8) is 0 Å². The molecule has 2 saturated heterocycles. The van der Waals surface area contributed by atoms with Crippen LogP contribution >= 0.6 is 11.3 Å². The van der Waals surface area contributed by atoms with Gasteiger partial charge >= 0.3 is 0 Å². The molecule has 2 aliphatic rings. The summed E-state index contributed by atoms with van der Waals surface area (Å²) in [4.78, 5) is 7.29. The van der Waals surface area contributed by atoms with Crippen LogP contribution < -0.4 is 5.32 Å². The van der Waals surface area contributed by atoms with Crippen LogP contribution in [0.15, 0.2) is 24.3 Å². The third kappa shape index (κ3) is 3.26. The molecule has 1 aromatic carbocycles. The summed E-state index contributed by atoms with van der Waals surface area (Å²) in [7, 11) is 0. The van der Waals surface area contributed by atoms with Gasteiger partial charge in [0.2, 0.25) is 0 Å². The summed E-state index contributed by atoms with van der Waals surface area (Å²) in [5, 5.41) is 4.71. The molecule has 4 rings (SSSR count). The first-order valence-corrected chi connectivity index (χ1v) is 9.11. The summed E-state index contributed by atoms with van der Waals surface area (Å²) >= 11 is 1.77. The van der Waals surface area contributed by atoms with Crippen LogP contribution in [-0.4, -0.2) is 48.8 Å². The average molecular weight is 317 g/mol. The maximum atomic E-state index is 5.48. The maximum Gasteiger partial charge on any atom is 0.184 e. The molecule has 0 spiro atoms. The van der Waals surface area contributed by atoms with E-state index < -0.39 is 0 Å². The van der Waals surface area contributed by atoms with E-state index in [2.05, 4.69) is 39.5 Å². The molecule has 1 aromatic heterocycles. The van der Waals surface area contributed by atoms with Crippen molar-refractivity contribution < 1.29 is 4.74 Å². The number of rotatable bonds is 4. The topological polar surface area (TPSA) is 37.4 Å². The summed E-state index contributed by atoms with van der Waals surface area (Å²) in [5.74, 6) is 0.758. The average Bonchev–Trinajstić information content (AvgIpc) is 3.18. The van der Waals surface area contributed by atoms with Crippen LogP contribution in [0.1, 0.15) is 19.3 Å². The van der Waals surface area contributed by atoms with Crippen LogP contribution in [0, 0.1) is 5.92 Å². The van der Waals surface area contributed by atoms with E-state index in [0.717, 1.165) is 29.8 Å². The zero-order chi connectivity index (χ0) is 14.8. The lowest BCUT2D eigenvalue weighted by molar-refractivity contribution is 0.154. The molecule has 0 amide bonds. The van der Waals surface area contributed by atoms with Gasteiger partial charge in [-0.05, 0) is 37.3 Å². The fraction of sp³-hybridized carbons (Fsp3) is 0.588. The van der Waals surface area contributed by atoms with Crippen LogP contribution in [0.3, 0.4) is 0 Å². The van der Waals surface area contributed by atoms with Crippen molar-refractivity contribution in [3.05, 3.63) is 24.3 Å². The second kappa shape index (κ2) is 6.52. The number of hydrogen-bond donors (Lipinski definition) is 1. The van der Waals surface area contributed by atoms with Crippen LogP contribution in [-0.2, 0) is 4.74 Å². The summed E-state index contributed by atoms with van der Waals surface area (Å²) < 4.78 is 6.75. The van der Waals surface area contributed by atoms with Crippen LogP contribution in [0.2, 0.25) is 0 Å². The molecular formula is C17H23N3OS. The summed E-state index contributed by atoms with van der Waals surface area (Å²) in [5.41, 5.74) is 1.11. The number of aromatic nitrogens is 1. The highest BCUT2D eigenvalue weighted by atomic mass is 32.1. The van der Waals surface area contributed by atoms with E-state index in [0.29, 0.717) is 6.04 Å². The van der Waals surface area contributed by atoms with Crippen molar-refractivity contribution >= 4 is 26.7 Å². The molecule has 0 bridgehead atoms. The Kier molecular flexibility index (Phi) is 4.28. The van der Waals surface area contributed by atoms with Gasteiger partial charge in [-0.25, -0.2) is 4.98 Å². The van der Waals surface area contributed by atoms with E-state index in [-0.39, 0.29) is 0 Å². The highest BCUT2D eigenvalue weighted by molar-refractivity contribution is 7.22. The van der Waals surface area contributed by atoms with Gasteiger partial charge in [0.15, 0.2) is 5.13 Å². The van der Waals surface area contributed by atoms with Crippen LogP contribution in [0.5, 0.6) is 0 Å². The number of piperidine rings is 1. The maximum absolute atomic E-state index is 5.48. The number of fused-ring (bicyclic) bond motifs is 1. The molecule has 3 heterocycles. The van der Waals surface area contributed by atoms with Gasteiger partial charge in [-0.2, -0.15) is 0 Å². The minimum atomic E-state index is 0.566. The largest absolute Gasteiger partial charge is 0.381 e. The molecule has 2 fully saturated rings. The zero-order valence-electron chi connectivity index (χ0n) is 12.8. The quantitative estimate of drug-likeness (QED) is 0.939. The minimum Gasteiger partial charge on any atom is -0.381 e. The highest BCUT2D eigenvalue weighted by Gasteiger charge is 2.24. The fourth-order valence-electron chi connectivity index (χ4n) is 3.46. The van der Waals surface area contributed by atoms with Crippen molar-refractivity contribution in [1.82, 2.24) is 9.88 Å². The van der Waals surface area contributed by atoms with Gasteiger partial charge in [0.05, 0.1) is 16.8 Å². The van der Waals surface area contributed by atoms with Gasteiger partial charge in [-0.15, -0.1) is 0 Å². The Morgan fingerprint density at radius 3 is 2.86 bits per heavy atom.